The van der Waals surface area contributed by atoms with Gasteiger partial charge in [0, 0.05) is 18.1 Å². The molecule has 162 valence electrons. The molecule has 2 aliphatic rings. The second-order valence-corrected chi connectivity index (χ2v) is 11.3. The van der Waals surface area contributed by atoms with Crippen molar-refractivity contribution in [3.05, 3.63) is 52.3 Å². The van der Waals surface area contributed by atoms with Crippen LogP contribution in [0.5, 0.6) is 0 Å². The van der Waals surface area contributed by atoms with E-state index in [0.29, 0.717) is 11.5 Å². The van der Waals surface area contributed by atoms with Crippen molar-refractivity contribution in [3.8, 4) is 0 Å². The first-order chi connectivity index (χ1) is 14.1. The average molecular weight is 431 g/mol. The van der Waals surface area contributed by atoms with Crippen molar-refractivity contribution in [1.82, 2.24) is 0 Å². The third kappa shape index (κ3) is 4.40. The van der Waals surface area contributed by atoms with E-state index in [2.05, 4.69) is 12.1 Å². The van der Waals surface area contributed by atoms with Crippen LogP contribution in [0.15, 0.2) is 34.0 Å². The van der Waals surface area contributed by atoms with E-state index < -0.39 is 21.2 Å². The lowest BCUT2D eigenvalue weighted by Crippen LogP contribution is -2.21. The molecule has 30 heavy (non-hydrogen) atoms. The highest BCUT2D eigenvalue weighted by Gasteiger charge is 2.29. The van der Waals surface area contributed by atoms with E-state index in [1.165, 1.54) is 48.3 Å². The third-order valence-electron chi connectivity index (χ3n) is 6.54. The minimum Gasteiger partial charge on any atom is -0.453 e. The van der Waals surface area contributed by atoms with Gasteiger partial charge in [0.15, 0.2) is 5.78 Å². The maximum atomic E-state index is 12.9. The van der Waals surface area contributed by atoms with Crippen LogP contribution in [0.25, 0.3) is 0 Å². The lowest BCUT2D eigenvalue weighted by atomic mass is 9.79. The normalized spacial score (nSPS) is 17.0. The standard InChI is InChI=1S/C24H30O5S/c1-24(2,26)19-12-23(29-14-19)30(27,28)15-20(25)13-22-18(11-16-5-3-6-16)10-9-17-7-4-8-21(17)22/h9-10,12,14,16,26H,3-8,11,13,15H2,1-2H3. The number of fused-ring (bicyclic) bond motifs is 1. The highest BCUT2D eigenvalue weighted by Crippen LogP contribution is 2.35. The molecule has 0 atom stereocenters. The molecule has 1 fully saturated rings. The molecule has 5 nitrogen and oxygen atoms in total. The molecule has 1 aromatic heterocycles. The summed E-state index contributed by atoms with van der Waals surface area (Å²) < 4.78 is 30.6. The number of aryl methyl sites for hydroxylation is 1. The summed E-state index contributed by atoms with van der Waals surface area (Å²) in [5, 5.41) is 9.78. The fourth-order valence-corrected chi connectivity index (χ4v) is 5.71. The molecule has 0 bridgehead atoms. The van der Waals surface area contributed by atoms with E-state index in [-0.39, 0.29) is 17.3 Å². The summed E-state index contributed by atoms with van der Waals surface area (Å²) in [4.78, 5) is 12.9. The summed E-state index contributed by atoms with van der Waals surface area (Å²) in [5.41, 5.74) is 4.01. The van der Waals surface area contributed by atoms with Crippen LogP contribution in [0.1, 0.15) is 67.3 Å². The van der Waals surface area contributed by atoms with Crippen LogP contribution < -0.4 is 0 Å². The number of benzene rings is 1. The zero-order valence-corrected chi connectivity index (χ0v) is 18.6. The lowest BCUT2D eigenvalue weighted by molar-refractivity contribution is -0.116. The molecule has 6 heteroatoms. The van der Waals surface area contributed by atoms with Crippen molar-refractivity contribution in [1.29, 1.82) is 0 Å². The maximum Gasteiger partial charge on any atom is 0.218 e. The maximum absolute atomic E-state index is 12.9. The number of carbonyl (C=O) groups excluding carboxylic acids is 1. The number of furan rings is 1. The van der Waals surface area contributed by atoms with Crippen molar-refractivity contribution in [2.45, 2.75) is 75.9 Å². The Morgan fingerprint density at radius 3 is 2.60 bits per heavy atom. The van der Waals surface area contributed by atoms with Crippen LogP contribution in [-0.2, 0) is 45.9 Å². The Bertz CT molecular complexity index is 1050. The minimum atomic E-state index is -3.89. The molecule has 1 saturated carbocycles. The van der Waals surface area contributed by atoms with Crippen molar-refractivity contribution >= 4 is 15.6 Å². The molecule has 0 spiro atoms. The molecule has 1 heterocycles. The Labute approximate surface area is 178 Å². The molecule has 1 aromatic carbocycles. The van der Waals surface area contributed by atoms with Crippen LogP contribution in [0.2, 0.25) is 0 Å². The molecule has 0 radical (unpaired) electrons. The van der Waals surface area contributed by atoms with Crippen molar-refractivity contribution < 1.29 is 22.7 Å². The van der Waals surface area contributed by atoms with E-state index in [1.54, 1.807) is 13.8 Å². The van der Waals surface area contributed by atoms with Gasteiger partial charge in [-0.05, 0) is 67.7 Å². The van der Waals surface area contributed by atoms with Crippen molar-refractivity contribution in [2.24, 2.45) is 5.92 Å². The Kier molecular flexibility index (Phi) is 5.66. The van der Waals surface area contributed by atoms with Gasteiger partial charge in [-0.2, -0.15) is 0 Å². The summed E-state index contributed by atoms with van der Waals surface area (Å²) >= 11 is 0. The van der Waals surface area contributed by atoms with Crippen molar-refractivity contribution in [3.63, 3.8) is 0 Å². The quantitative estimate of drug-likeness (QED) is 0.686. The molecule has 2 aliphatic carbocycles. The van der Waals surface area contributed by atoms with Gasteiger partial charge >= 0.3 is 0 Å². The van der Waals surface area contributed by atoms with Gasteiger partial charge in [-0.15, -0.1) is 0 Å². The van der Waals surface area contributed by atoms with Crippen LogP contribution in [0, 0.1) is 5.92 Å². The highest BCUT2D eigenvalue weighted by atomic mass is 32.2. The second kappa shape index (κ2) is 7.97. The van der Waals surface area contributed by atoms with E-state index in [0.717, 1.165) is 31.2 Å². The zero-order chi connectivity index (χ0) is 21.5. The number of Topliss-reactive ketones (excluding diaryl/α,β-unsaturated/α-hetero) is 1. The topological polar surface area (TPSA) is 84.6 Å². The average Bonchev–Trinajstić information content (AvgIpc) is 3.28. The van der Waals surface area contributed by atoms with Gasteiger partial charge in [-0.25, -0.2) is 8.42 Å². The van der Waals surface area contributed by atoms with E-state index >= 15 is 0 Å². The fourth-order valence-electron chi connectivity index (χ4n) is 4.54. The number of sulfone groups is 1. The molecule has 0 unspecified atom stereocenters. The van der Waals surface area contributed by atoms with Gasteiger partial charge in [0.05, 0.1) is 11.9 Å². The van der Waals surface area contributed by atoms with Gasteiger partial charge < -0.3 is 9.52 Å². The second-order valence-electron chi connectivity index (χ2n) is 9.38. The largest absolute Gasteiger partial charge is 0.453 e. The summed E-state index contributed by atoms with van der Waals surface area (Å²) in [6.07, 6.45) is 9.21. The number of hydrogen-bond donors (Lipinski definition) is 1. The first-order valence-electron chi connectivity index (χ1n) is 10.8. The van der Waals surface area contributed by atoms with Gasteiger partial charge in [0.1, 0.15) is 5.75 Å². The lowest BCUT2D eigenvalue weighted by Gasteiger charge is -2.27. The van der Waals surface area contributed by atoms with Gasteiger partial charge in [0.25, 0.3) is 0 Å². The monoisotopic (exact) mass is 430 g/mol. The summed E-state index contributed by atoms with van der Waals surface area (Å²) in [5.74, 6) is -0.213. The Balaban J connectivity index is 1.53. The van der Waals surface area contributed by atoms with Gasteiger partial charge in [-0.3, -0.25) is 4.79 Å². The SMILES string of the molecule is CC(C)(O)c1coc(S(=O)(=O)CC(=O)Cc2c(CC3CCC3)ccc3c2CCC3)c1. The van der Waals surface area contributed by atoms with Crippen LogP contribution in [0.3, 0.4) is 0 Å². The zero-order valence-electron chi connectivity index (χ0n) is 17.7. The van der Waals surface area contributed by atoms with Gasteiger partial charge in [-0.1, -0.05) is 31.4 Å². The molecule has 4 rings (SSSR count). The number of aliphatic hydroxyl groups is 1. The number of rotatable bonds is 8. The number of carbonyl (C=O) groups is 1. The molecule has 1 N–H and O–H groups in total. The predicted octanol–water partition coefficient (Wildman–Crippen LogP) is 3.92. The molecule has 2 aromatic rings. The Hall–Kier alpha value is -1.92. The molecule has 0 aliphatic heterocycles. The summed E-state index contributed by atoms with van der Waals surface area (Å²) in [6, 6.07) is 5.66. The van der Waals surface area contributed by atoms with Crippen LogP contribution >= 0.6 is 0 Å². The third-order valence-corrected chi connectivity index (χ3v) is 8.07. The fraction of sp³-hybridized carbons (Fsp3) is 0.542. The first-order valence-corrected chi connectivity index (χ1v) is 12.5. The Morgan fingerprint density at radius 2 is 1.97 bits per heavy atom. The molecular weight excluding hydrogens is 400 g/mol. The predicted molar refractivity (Wildman–Crippen MR) is 114 cm³/mol. The highest BCUT2D eigenvalue weighted by molar-refractivity contribution is 7.92. The van der Waals surface area contributed by atoms with Crippen LogP contribution in [-0.4, -0.2) is 25.1 Å². The van der Waals surface area contributed by atoms with E-state index in [1.807, 2.05) is 0 Å². The summed E-state index contributed by atoms with van der Waals surface area (Å²) in [7, 11) is -3.89. The summed E-state index contributed by atoms with van der Waals surface area (Å²) in [6.45, 7) is 3.11. The van der Waals surface area contributed by atoms with Gasteiger partial charge in [0.2, 0.25) is 14.9 Å². The van der Waals surface area contributed by atoms with E-state index in [4.69, 9.17) is 4.42 Å². The first kappa shape index (κ1) is 21.3. The molecule has 0 amide bonds. The van der Waals surface area contributed by atoms with Crippen LogP contribution in [0.4, 0.5) is 0 Å². The minimum absolute atomic E-state index is 0.156. The smallest absolute Gasteiger partial charge is 0.218 e. The van der Waals surface area contributed by atoms with E-state index in [9.17, 15) is 18.3 Å². The van der Waals surface area contributed by atoms with Crippen molar-refractivity contribution in [2.75, 3.05) is 5.75 Å². The Morgan fingerprint density at radius 1 is 1.20 bits per heavy atom. The number of hydrogen-bond acceptors (Lipinski definition) is 5. The molecule has 0 saturated heterocycles. The number of ketones is 1. The molecular formula is C24H30O5S.